The number of benzene rings is 1. The molecule has 1 saturated heterocycles. The Kier molecular flexibility index (Phi) is 3.84. The molecule has 2 aromatic rings. The van der Waals surface area contributed by atoms with Crippen LogP contribution in [0.1, 0.15) is 18.1 Å². The Balaban J connectivity index is 1.78. The van der Waals surface area contributed by atoms with E-state index in [0.717, 1.165) is 18.2 Å². The summed E-state index contributed by atoms with van der Waals surface area (Å²) in [6.07, 6.45) is 1.79. The van der Waals surface area contributed by atoms with E-state index in [0.29, 0.717) is 6.61 Å². The number of nitrogen functional groups attached to an aromatic ring is 1. The monoisotopic (exact) mass is 301 g/mol. The first kappa shape index (κ1) is 14.2. The number of aromatic nitrogens is 2. The molecule has 0 radical (unpaired) electrons. The Morgan fingerprint density at radius 2 is 2.14 bits per heavy atom. The summed E-state index contributed by atoms with van der Waals surface area (Å²) in [4.78, 5) is 18.0. The first-order chi connectivity index (χ1) is 10.6. The molecule has 1 fully saturated rings. The van der Waals surface area contributed by atoms with Crippen LogP contribution in [0, 0.1) is 10.1 Å². The van der Waals surface area contributed by atoms with Crippen molar-refractivity contribution >= 4 is 17.5 Å². The Labute approximate surface area is 126 Å². The second-order valence-electron chi connectivity index (χ2n) is 4.96. The fraction of sp³-hybridized carbons (Fsp3) is 0.286. The number of nitro groups is 1. The summed E-state index contributed by atoms with van der Waals surface area (Å²) in [5, 5.41) is 13.9. The van der Waals surface area contributed by atoms with Gasteiger partial charge in [0.25, 0.3) is 0 Å². The number of rotatable bonds is 4. The number of anilines is 2. The number of nitrogens with one attached hydrogen (secondary N) is 1. The maximum absolute atomic E-state index is 10.7. The van der Waals surface area contributed by atoms with Gasteiger partial charge in [-0.05, 0) is 12.0 Å². The summed E-state index contributed by atoms with van der Waals surface area (Å²) < 4.78 is 5.76. The Hall–Kier alpha value is -2.74. The molecule has 2 heterocycles. The second kappa shape index (κ2) is 5.94. The summed E-state index contributed by atoms with van der Waals surface area (Å²) in [6.45, 7) is 0.625. The van der Waals surface area contributed by atoms with Gasteiger partial charge in [0.2, 0.25) is 11.8 Å². The lowest BCUT2D eigenvalue weighted by molar-refractivity contribution is -0.384. The molecule has 0 aliphatic carbocycles. The van der Waals surface area contributed by atoms with Gasteiger partial charge in [0.1, 0.15) is 12.3 Å². The van der Waals surface area contributed by atoms with Gasteiger partial charge >= 0.3 is 5.69 Å². The van der Waals surface area contributed by atoms with E-state index < -0.39 is 4.92 Å². The van der Waals surface area contributed by atoms with Crippen LogP contribution in [0.15, 0.2) is 36.5 Å². The predicted octanol–water partition coefficient (Wildman–Crippen LogP) is 1.91. The van der Waals surface area contributed by atoms with Crippen LogP contribution >= 0.6 is 0 Å². The molecule has 1 aromatic heterocycles. The third-order valence-electron chi connectivity index (χ3n) is 3.53. The topological polar surface area (TPSA) is 116 Å². The van der Waals surface area contributed by atoms with E-state index in [-0.39, 0.29) is 29.6 Å². The van der Waals surface area contributed by atoms with E-state index in [9.17, 15) is 10.1 Å². The van der Waals surface area contributed by atoms with E-state index >= 15 is 0 Å². The van der Waals surface area contributed by atoms with Crippen LogP contribution in [0.5, 0.6) is 0 Å². The first-order valence-electron chi connectivity index (χ1n) is 6.85. The highest BCUT2D eigenvalue weighted by Gasteiger charge is 2.30. The molecule has 0 amide bonds. The van der Waals surface area contributed by atoms with Crippen LogP contribution in [0.2, 0.25) is 0 Å². The zero-order chi connectivity index (χ0) is 15.5. The number of nitrogens with two attached hydrogens (primary N) is 1. The lowest BCUT2D eigenvalue weighted by atomic mass is 10.0. The fourth-order valence-corrected chi connectivity index (χ4v) is 2.47. The van der Waals surface area contributed by atoms with E-state index in [1.54, 1.807) is 0 Å². The van der Waals surface area contributed by atoms with Crippen molar-refractivity contribution in [1.82, 2.24) is 9.97 Å². The van der Waals surface area contributed by atoms with Crippen molar-refractivity contribution < 1.29 is 9.66 Å². The molecule has 2 atom stereocenters. The van der Waals surface area contributed by atoms with Crippen molar-refractivity contribution in [3.63, 3.8) is 0 Å². The molecule has 3 rings (SSSR count). The molecule has 8 heteroatoms. The number of ether oxygens (including phenoxy) is 1. The molecule has 1 aliphatic rings. The minimum atomic E-state index is -0.607. The standard InChI is InChI=1S/C14H15N5O3/c15-13-11(19(20)21)8-16-14(18-13)17-10-6-7-22-12(10)9-4-2-1-3-5-9/h1-5,8,10,12H,6-7H2,(H3,15,16,17,18)/t10-,12-/m1/s1. The van der Waals surface area contributed by atoms with Gasteiger partial charge in [-0.1, -0.05) is 30.3 Å². The molecule has 0 saturated carbocycles. The minimum absolute atomic E-state index is 0.0109. The van der Waals surface area contributed by atoms with Gasteiger partial charge < -0.3 is 15.8 Å². The largest absolute Gasteiger partial charge is 0.378 e. The molecule has 0 unspecified atom stereocenters. The summed E-state index contributed by atoms with van der Waals surface area (Å²) in [6, 6.07) is 9.83. The van der Waals surface area contributed by atoms with Crippen LogP contribution in [-0.2, 0) is 4.74 Å². The molecule has 22 heavy (non-hydrogen) atoms. The third kappa shape index (κ3) is 2.82. The minimum Gasteiger partial charge on any atom is -0.378 e. The lowest BCUT2D eigenvalue weighted by Gasteiger charge is -2.20. The lowest BCUT2D eigenvalue weighted by Crippen LogP contribution is -2.24. The summed E-state index contributed by atoms with van der Waals surface area (Å²) in [7, 11) is 0. The molecule has 8 nitrogen and oxygen atoms in total. The average molecular weight is 301 g/mol. The van der Waals surface area contributed by atoms with E-state index in [1.165, 1.54) is 0 Å². The maximum Gasteiger partial charge on any atom is 0.329 e. The van der Waals surface area contributed by atoms with Crippen molar-refractivity contribution in [2.45, 2.75) is 18.6 Å². The van der Waals surface area contributed by atoms with Crippen LogP contribution < -0.4 is 11.1 Å². The normalized spacial score (nSPS) is 20.7. The van der Waals surface area contributed by atoms with Gasteiger partial charge in [0.15, 0.2) is 0 Å². The van der Waals surface area contributed by atoms with E-state index in [4.69, 9.17) is 10.5 Å². The number of nitrogens with zero attached hydrogens (tertiary/aromatic N) is 3. The Morgan fingerprint density at radius 1 is 1.36 bits per heavy atom. The van der Waals surface area contributed by atoms with Crippen LogP contribution in [-0.4, -0.2) is 27.5 Å². The molecule has 0 bridgehead atoms. The SMILES string of the molecule is Nc1nc(N[C@@H]2CCO[C@@H]2c2ccccc2)ncc1[N+](=O)[O-]. The van der Waals surface area contributed by atoms with Crippen molar-refractivity contribution in [1.29, 1.82) is 0 Å². The average Bonchev–Trinajstić information content (AvgIpc) is 2.96. The van der Waals surface area contributed by atoms with Crippen LogP contribution in [0.25, 0.3) is 0 Å². The van der Waals surface area contributed by atoms with Crippen molar-refractivity contribution in [2.75, 3.05) is 17.7 Å². The van der Waals surface area contributed by atoms with Gasteiger partial charge in [-0.15, -0.1) is 0 Å². The van der Waals surface area contributed by atoms with Gasteiger partial charge in [0, 0.05) is 6.61 Å². The molecule has 0 spiro atoms. The van der Waals surface area contributed by atoms with Crippen molar-refractivity contribution in [3.8, 4) is 0 Å². The van der Waals surface area contributed by atoms with Gasteiger partial charge in [0.05, 0.1) is 11.0 Å². The zero-order valence-electron chi connectivity index (χ0n) is 11.7. The quantitative estimate of drug-likeness (QED) is 0.654. The molecule has 1 aromatic carbocycles. The molecular formula is C14H15N5O3. The van der Waals surface area contributed by atoms with Crippen molar-refractivity contribution in [2.24, 2.45) is 0 Å². The smallest absolute Gasteiger partial charge is 0.329 e. The summed E-state index contributed by atoms with van der Waals surface area (Å²) in [5.41, 5.74) is 6.34. The second-order valence-corrected chi connectivity index (χ2v) is 4.96. The molecule has 1 aliphatic heterocycles. The fourth-order valence-electron chi connectivity index (χ4n) is 2.47. The van der Waals surface area contributed by atoms with Gasteiger partial charge in [-0.25, -0.2) is 4.98 Å². The van der Waals surface area contributed by atoms with Crippen LogP contribution in [0.3, 0.4) is 0 Å². The Morgan fingerprint density at radius 3 is 2.82 bits per heavy atom. The van der Waals surface area contributed by atoms with Crippen LogP contribution in [0.4, 0.5) is 17.5 Å². The van der Waals surface area contributed by atoms with Gasteiger partial charge in [-0.3, -0.25) is 10.1 Å². The van der Waals surface area contributed by atoms with E-state index in [1.807, 2.05) is 30.3 Å². The predicted molar refractivity (Wildman–Crippen MR) is 80.3 cm³/mol. The molecular weight excluding hydrogens is 286 g/mol. The third-order valence-corrected chi connectivity index (χ3v) is 3.53. The zero-order valence-corrected chi connectivity index (χ0v) is 11.7. The first-order valence-corrected chi connectivity index (χ1v) is 6.85. The molecule has 3 N–H and O–H groups in total. The van der Waals surface area contributed by atoms with E-state index in [2.05, 4.69) is 15.3 Å². The number of hydrogen-bond acceptors (Lipinski definition) is 7. The Bertz CT molecular complexity index is 679. The van der Waals surface area contributed by atoms with Crippen molar-refractivity contribution in [3.05, 3.63) is 52.2 Å². The number of hydrogen-bond donors (Lipinski definition) is 2. The maximum atomic E-state index is 10.7. The molecule has 114 valence electrons. The summed E-state index contributed by atoms with van der Waals surface area (Å²) >= 11 is 0. The van der Waals surface area contributed by atoms with Gasteiger partial charge in [-0.2, -0.15) is 4.98 Å². The summed E-state index contributed by atoms with van der Waals surface area (Å²) in [5.74, 6) is 0.109. The highest BCUT2D eigenvalue weighted by molar-refractivity contribution is 5.53. The highest BCUT2D eigenvalue weighted by atomic mass is 16.6. The highest BCUT2D eigenvalue weighted by Crippen LogP contribution is 2.31.